The second kappa shape index (κ2) is 11.3. The summed E-state index contributed by atoms with van der Waals surface area (Å²) in [5, 5.41) is 4.83. The molecule has 0 bridgehead atoms. The zero-order valence-corrected chi connectivity index (χ0v) is 22.5. The lowest BCUT2D eigenvalue weighted by molar-refractivity contribution is -0.144. The van der Waals surface area contributed by atoms with Crippen molar-refractivity contribution in [1.82, 2.24) is 4.31 Å². The van der Waals surface area contributed by atoms with Crippen LogP contribution in [0.25, 0.3) is 10.8 Å². The highest BCUT2D eigenvalue weighted by Gasteiger charge is 2.27. The van der Waals surface area contributed by atoms with Gasteiger partial charge in [0.1, 0.15) is 0 Å². The number of amides is 1. The molecule has 0 atom stereocenters. The van der Waals surface area contributed by atoms with Gasteiger partial charge >= 0.3 is 5.97 Å². The molecule has 3 aromatic carbocycles. The van der Waals surface area contributed by atoms with Crippen LogP contribution in [0.2, 0.25) is 5.02 Å². The lowest BCUT2D eigenvalue weighted by Gasteiger charge is -2.16. The van der Waals surface area contributed by atoms with Crippen molar-refractivity contribution in [3.63, 3.8) is 0 Å². The fraction of sp³-hybridized carbons (Fsp3) is 0.250. The van der Waals surface area contributed by atoms with Gasteiger partial charge in [-0.25, -0.2) is 8.42 Å². The van der Waals surface area contributed by atoms with Crippen molar-refractivity contribution in [2.45, 2.75) is 22.6 Å². The smallest absolute Gasteiger partial charge is 0.316 e. The summed E-state index contributed by atoms with van der Waals surface area (Å²) < 4.78 is 33.0. The third-order valence-corrected chi connectivity index (χ3v) is 9.82. The quantitative estimate of drug-likeness (QED) is 0.279. The van der Waals surface area contributed by atoms with Crippen LogP contribution < -0.4 is 5.32 Å². The van der Waals surface area contributed by atoms with Gasteiger partial charge in [-0.05, 0) is 63.8 Å². The molecular weight excluding hydrogens is 576 g/mol. The van der Waals surface area contributed by atoms with Crippen molar-refractivity contribution in [3.05, 3.63) is 64.1 Å². The molecular formula is C24H22BrClN2O5S2. The average molecular weight is 598 g/mol. The minimum Gasteiger partial charge on any atom is -0.455 e. The Labute approximate surface area is 221 Å². The maximum Gasteiger partial charge on any atom is 0.316 e. The van der Waals surface area contributed by atoms with E-state index in [4.69, 9.17) is 16.3 Å². The van der Waals surface area contributed by atoms with Crippen LogP contribution in [0.4, 0.5) is 5.69 Å². The molecule has 1 aliphatic rings. The molecule has 1 N–H and O–H groups in total. The van der Waals surface area contributed by atoms with Gasteiger partial charge in [0.15, 0.2) is 6.61 Å². The monoisotopic (exact) mass is 596 g/mol. The van der Waals surface area contributed by atoms with Crippen molar-refractivity contribution in [2.75, 3.05) is 30.8 Å². The summed E-state index contributed by atoms with van der Waals surface area (Å²) >= 11 is 11.0. The topological polar surface area (TPSA) is 92.8 Å². The second-order valence-electron chi connectivity index (χ2n) is 7.85. The summed E-state index contributed by atoms with van der Waals surface area (Å²) in [6, 6.07) is 15.9. The maximum atomic E-state index is 12.8. The minimum absolute atomic E-state index is 0.0224. The van der Waals surface area contributed by atoms with Gasteiger partial charge < -0.3 is 10.1 Å². The first-order chi connectivity index (χ1) is 16.8. The van der Waals surface area contributed by atoms with E-state index in [1.807, 2.05) is 36.4 Å². The van der Waals surface area contributed by atoms with E-state index in [9.17, 15) is 18.0 Å². The van der Waals surface area contributed by atoms with E-state index in [0.717, 1.165) is 33.0 Å². The molecule has 0 saturated carbocycles. The zero-order chi connectivity index (χ0) is 25.0. The number of carbonyl (C=O) groups is 2. The standard InChI is InChI=1S/C24H22BrClN2O5S2/c25-24-18-6-2-1-5-16(18)7-10-21(24)34-15-23(30)33-14-22(29)27-20-13-17(8-9-19(20)26)35(31,32)28-11-3-4-12-28/h1-2,5-10,13H,3-4,11-12,14-15H2,(H,27,29). The number of fused-ring (bicyclic) bond motifs is 1. The van der Waals surface area contributed by atoms with Crippen LogP contribution >= 0.6 is 39.3 Å². The third kappa shape index (κ3) is 6.18. The number of nitrogens with zero attached hydrogens (tertiary/aromatic N) is 1. The van der Waals surface area contributed by atoms with E-state index in [-0.39, 0.29) is 21.4 Å². The molecule has 1 saturated heterocycles. The SMILES string of the molecule is O=C(COC(=O)CSc1ccc2ccccc2c1Br)Nc1cc(S(=O)(=O)N2CCCC2)ccc1Cl. The molecule has 0 aromatic heterocycles. The average Bonchev–Trinajstić information content (AvgIpc) is 3.40. The molecule has 0 spiro atoms. The van der Waals surface area contributed by atoms with Crippen LogP contribution in [0.5, 0.6) is 0 Å². The van der Waals surface area contributed by atoms with Crippen LogP contribution in [0, 0.1) is 0 Å². The number of thioether (sulfide) groups is 1. The summed E-state index contributed by atoms with van der Waals surface area (Å²) in [5.41, 5.74) is 0.141. The number of anilines is 1. The fourth-order valence-corrected chi connectivity index (χ4v) is 6.98. The predicted molar refractivity (Wildman–Crippen MR) is 141 cm³/mol. The van der Waals surface area contributed by atoms with Gasteiger partial charge in [0.25, 0.3) is 5.91 Å². The third-order valence-electron chi connectivity index (χ3n) is 5.45. The molecule has 1 heterocycles. The summed E-state index contributed by atoms with van der Waals surface area (Å²) in [6.45, 7) is 0.421. The number of halogens is 2. The summed E-state index contributed by atoms with van der Waals surface area (Å²) in [4.78, 5) is 25.5. The number of sulfonamides is 1. The largest absolute Gasteiger partial charge is 0.455 e. The molecule has 1 fully saturated rings. The van der Waals surface area contributed by atoms with Crippen LogP contribution in [0.3, 0.4) is 0 Å². The van der Waals surface area contributed by atoms with E-state index in [0.29, 0.717) is 13.1 Å². The Bertz CT molecular complexity index is 1380. The normalized spacial score (nSPS) is 14.2. The Kier molecular flexibility index (Phi) is 8.38. The van der Waals surface area contributed by atoms with Gasteiger partial charge in [-0.15, -0.1) is 11.8 Å². The van der Waals surface area contributed by atoms with Gasteiger partial charge in [0.2, 0.25) is 10.0 Å². The van der Waals surface area contributed by atoms with Crippen LogP contribution in [0.15, 0.2) is 68.9 Å². The highest BCUT2D eigenvalue weighted by molar-refractivity contribution is 9.10. The summed E-state index contributed by atoms with van der Waals surface area (Å²) in [5.74, 6) is -1.15. The number of carbonyl (C=O) groups excluding carboxylic acids is 2. The number of nitrogens with one attached hydrogen (secondary N) is 1. The van der Waals surface area contributed by atoms with Crippen molar-refractivity contribution in [1.29, 1.82) is 0 Å². The Morgan fingerprint density at radius 1 is 1.09 bits per heavy atom. The van der Waals surface area contributed by atoms with E-state index >= 15 is 0 Å². The Morgan fingerprint density at radius 2 is 1.83 bits per heavy atom. The molecule has 0 unspecified atom stereocenters. The molecule has 184 valence electrons. The zero-order valence-electron chi connectivity index (χ0n) is 18.5. The van der Waals surface area contributed by atoms with Crippen molar-refractivity contribution in [3.8, 4) is 0 Å². The first-order valence-electron chi connectivity index (χ1n) is 10.8. The molecule has 0 radical (unpaired) electrons. The molecule has 7 nitrogen and oxygen atoms in total. The first-order valence-corrected chi connectivity index (χ1v) is 14.4. The number of hydrogen-bond donors (Lipinski definition) is 1. The predicted octanol–water partition coefficient (Wildman–Crippen LogP) is 5.31. The molecule has 4 rings (SSSR count). The van der Waals surface area contributed by atoms with Crippen LogP contribution in [-0.2, 0) is 24.3 Å². The molecule has 1 aliphatic heterocycles. The molecule has 1 amide bonds. The molecule has 35 heavy (non-hydrogen) atoms. The van der Waals surface area contributed by atoms with Gasteiger partial charge in [0.05, 0.1) is 21.4 Å². The van der Waals surface area contributed by atoms with Crippen molar-refractivity contribution in [2.24, 2.45) is 0 Å². The fourth-order valence-electron chi connectivity index (χ4n) is 3.67. The van der Waals surface area contributed by atoms with Gasteiger partial charge in [-0.2, -0.15) is 4.31 Å². The number of rotatable bonds is 8. The van der Waals surface area contributed by atoms with Gasteiger partial charge in [0, 0.05) is 22.5 Å². The minimum atomic E-state index is -3.66. The van der Waals surface area contributed by atoms with Crippen LogP contribution in [-0.4, -0.2) is 50.0 Å². The number of benzene rings is 3. The van der Waals surface area contributed by atoms with Crippen molar-refractivity contribution >= 4 is 77.7 Å². The Morgan fingerprint density at radius 3 is 2.60 bits per heavy atom. The van der Waals surface area contributed by atoms with Gasteiger partial charge in [-0.3, -0.25) is 9.59 Å². The van der Waals surface area contributed by atoms with Gasteiger partial charge in [-0.1, -0.05) is 41.9 Å². The molecule has 3 aromatic rings. The lowest BCUT2D eigenvalue weighted by atomic mass is 10.1. The number of ether oxygens (including phenoxy) is 1. The number of esters is 1. The highest BCUT2D eigenvalue weighted by atomic mass is 79.9. The van der Waals surface area contributed by atoms with E-state index < -0.39 is 28.5 Å². The van der Waals surface area contributed by atoms with Crippen molar-refractivity contribution < 1.29 is 22.7 Å². The Balaban J connectivity index is 1.32. The summed E-state index contributed by atoms with van der Waals surface area (Å²) in [7, 11) is -3.66. The van der Waals surface area contributed by atoms with E-state index in [1.54, 1.807) is 0 Å². The molecule has 0 aliphatic carbocycles. The maximum absolute atomic E-state index is 12.8. The first kappa shape index (κ1) is 26.0. The molecule has 11 heteroatoms. The van der Waals surface area contributed by atoms with E-state index in [1.165, 1.54) is 34.3 Å². The Hall–Kier alpha value is -2.11. The highest BCUT2D eigenvalue weighted by Crippen LogP contribution is 2.34. The second-order valence-corrected chi connectivity index (χ2v) is 12.0. The van der Waals surface area contributed by atoms with Crippen LogP contribution in [0.1, 0.15) is 12.8 Å². The van der Waals surface area contributed by atoms with E-state index in [2.05, 4.69) is 21.2 Å². The summed E-state index contributed by atoms with van der Waals surface area (Å²) in [6.07, 6.45) is 1.63. The number of hydrogen-bond acceptors (Lipinski definition) is 6. The lowest BCUT2D eigenvalue weighted by Crippen LogP contribution is -2.28.